The molecule has 0 saturated heterocycles. The second-order valence-corrected chi connectivity index (χ2v) is 9.42. The molecule has 0 fully saturated rings. The van der Waals surface area contributed by atoms with Crippen molar-refractivity contribution >= 4 is 11.6 Å². The average molecular weight is 488 g/mol. The van der Waals surface area contributed by atoms with Gasteiger partial charge < -0.3 is 14.4 Å². The summed E-state index contributed by atoms with van der Waals surface area (Å²) in [4.78, 5) is 21.5. The normalized spacial score (nSPS) is 15.4. The first kappa shape index (κ1) is 25.7. The summed E-state index contributed by atoms with van der Waals surface area (Å²) >= 11 is 0. The van der Waals surface area contributed by atoms with Crippen LogP contribution in [0.1, 0.15) is 50.2 Å². The molecule has 2 aromatic carbocycles. The predicted molar refractivity (Wildman–Crippen MR) is 144 cm³/mol. The van der Waals surface area contributed by atoms with Crippen LogP contribution in [0.5, 0.6) is 11.5 Å². The van der Waals surface area contributed by atoms with Crippen LogP contribution < -0.4 is 14.4 Å². The highest BCUT2D eigenvalue weighted by Crippen LogP contribution is 2.35. The van der Waals surface area contributed by atoms with E-state index in [9.17, 15) is 4.79 Å². The number of anilines is 1. The van der Waals surface area contributed by atoms with E-state index >= 15 is 0 Å². The van der Waals surface area contributed by atoms with Crippen molar-refractivity contribution in [3.63, 3.8) is 0 Å². The average Bonchev–Trinajstić information content (AvgIpc) is 2.89. The zero-order valence-corrected chi connectivity index (χ0v) is 21.7. The second kappa shape index (κ2) is 12.5. The first-order chi connectivity index (χ1) is 17.6. The largest absolute Gasteiger partial charge is 0.493 e. The van der Waals surface area contributed by atoms with Gasteiger partial charge >= 0.3 is 0 Å². The number of amides is 1. The summed E-state index contributed by atoms with van der Waals surface area (Å²) < 4.78 is 11.0. The van der Waals surface area contributed by atoms with Crippen LogP contribution in [0.4, 0.5) is 5.69 Å². The van der Waals surface area contributed by atoms with E-state index in [2.05, 4.69) is 40.2 Å². The van der Waals surface area contributed by atoms with Gasteiger partial charge in [0, 0.05) is 44.6 Å². The van der Waals surface area contributed by atoms with Gasteiger partial charge in [-0.15, -0.1) is 0 Å². The molecule has 0 N–H and O–H groups in total. The van der Waals surface area contributed by atoms with Gasteiger partial charge in [0.2, 0.25) is 5.91 Å². The van der Waals surface area contributed by atoms with E-state index in [0.29, 0.717) is 11.5 Å². The molecule has 0 spiro atoms. The number of pyridine rings is 1. The number of rotatable bonds is 5. The van der Waals surface area contributed by atoms with E-state index in [1.54, 1.807) is 21.1 Å². The summed E-state index contributed by atoms with van der Waals surface area (Å²) in [7, 11) is 3.30. The fourth-order valence-corrected chi connectivity index (χ4v) is 4.96. The lowest BCUT2D eigenvalue weighted by Crippen LogP contribution is -2.32. The Morgan fingerprint density at radius 2 is 1.61 bits per heavy atom. The van der Waals surface area contributed by atoms with Crippen LogP contribution in [0.2, 0.25) is 0 Å². The standard InChI is InChI=1S/C30H37N3O3/c1-23(34)33-17-8-6-4-5-7-16-32(21-24-10-9-15-31-20-24)22-27-18-25(11-13-28(27)33)26-12-14-29(35-2)30(19-26)36-3/h9-15,18-20H,4-8,16-17,21-22H2,1-3H3. The van der Waals surface area contributed by atoms with E-state index in [1.807, 2.05) is 35.5 Å². The van der Waals surface area contributed by atoms with Crippen LogP contribution in [0.3, 0.4) is 0 Å². The summed E-state index contributed by atoms with van der Waals surface area (Å²) in [6, 6.07) is 16.6. The van der Waals surface area contributed by atoms with Crippen molar-refractivity contribution in [3.05, 3.63) is 72.1 Å². The minimum Gasteiger partial charge on any atom is -0.493 e. The molecule has 0 unspecified atom stereocenters. The van der Waals surface area contributed by atoms with E-state index in [1.165, 1.54) is 24.8 Å². The Balaban J connectivity index is 1.75. The zero-order chi connectivity index (χ0) is 25.3. The molecule has 36 heavy (non-hydrogen) atoms. The number of hydrogen-bond acceptors (Lipinski definition) is 5. The molecular formula is C30H37N3O3. The summed E-state index contributed by atoms with van der Waals surface area (Å²) in [5, 5.41) is 0. The zero-order valence-electron chi connectivity index (χ0n) is 21.7. The van der Waals surface area contributed by atoms with Crippen molar-refractivity contribution in [3.8, 4) is 22.6 Å². The number of aromatic nitrogens is 1. The Labute approximate surface area is 214 Å². The number of fused-ring (bicyclic) bond motifs is 1. The molecular weight excluding hydrogens is 450 g/mol. The van der Waals surface area contributed by atoms with E-state index in [-0.39, 0.29) is 5.91 Å². The van der Waals surface area contributed by atoms with Crippen molar-refractivity contribution < 1.29 is 14.3 Å². The first-order valence-electron chi connectivity index (χ1n) is 12.8. The molecule has 190 valence electrons. The second-order valence-electron chi connectivity index (χ2n) is 9.42. The molecule has 1 aliphatic rings. The van der Waals surface area contributed by atoms with Crippen LogP contribution in [0.15, 0.2) is 60.9 Å². The van der Waals surface area contributed by atoms with Crippen molar-refractivity contribution in [1.82, 2.24) is 9.88 Å². The van der Waals surface area contributed by atoms with E-state index in [4.69, 9.17) is 9.47 Å². The monoisotopic (exact) mass is 487 g/mol. The Bertz CT molecular complexity index is 1150. The third-order valence-corrected chi connectivity index (χ3v) is 6.85. The fraction of sp³-hybridized carbons (Fsp3) is 0.400. The number of methoxy groups -OCH3 is 2. The third kappa shape index (κ3) is 6.43. The van der Waals surface area contributed by atoms with Gasteiger partial charge in [0.05, 0.1) is 14.2 Å². The predicted octanol–water partition coefficient (Wildman–Crippen LogP) is 6.09. The third-order valence-electron chi connectivity index (χ3n) is 6.85. The van der Waals surface area contributed by atoms with Gasteiger partial charge in [-0.1, -0.05) is 37.5 Å². The maximum absolute atomic E-state index is 12.7. The highest BCUT2D eigenvalue weighted by molar-refractivity contribution is 5.92. The van der Waals surface area contributed by atoms with Gasteiger partial charge in [-0.05, 0) is 72.0 Å². The van der Waals surface area contributed by atoms with Gasteiger partial charge in [-0.25, -0.2) is 0 Å². The highest BCUT2D eigenvalue weighted by Gasteiger charge is 2.19. The minimum absolute atomic E-state index is 0.0889. The summed E-state index contributed by atoms with van der Waals surface area (Å²) in [6.45, 7) is 5.02. The van der Waals surface area contributed by atoms with Crippen LogP contribution in [-0.2, 0) is 17.9 Å². The number of ether oxygens (including phenoxy) is 2. The summed E-state index contributed by atoms with van der Waals surface area (Å²) in [5.41, 5.74) is 5.50. The Hall–Kier alpha value is -3.38. The van der Waals surface area contributed by atoms with Crippen molar-refractivity contribution in [2.75, 3.05) is 32.2 Å². The molecule has 6 nitrogen and oxygen atoms in total. The highest BCUT2D eigenvalue weighted by atomic mass is 16.5. The Morgan fingerprint density at radius 3 is 2.33 bits per heavy atom. The van der Waals surface area contributed by atoms with Crippen molar-refractivity contribution in [2.24, 2.45) is 0 Å². The van der Waals surface area contributed by atoms with Crippen LogP contribution in [0, 0.1) is 0 Å². The van der Waals surface area contributed by atoms with Crippen molar-refractivity contribution in [1.29, 1.82) is 0 Å². The molecule has 0 aliphatic carbocycles. The number of nitrogens with zero attached hydrogens (tertiary/aromatic N) is 3. The topological polar surface area (TPSA) is 54.9 Å². The van der Waals surface area contributed by atoms with Crippen LogP contribution in [0.25, 0.3) is 11.1 Å². The van der Waals surface area contributed by atoms with E-state index < -0.39 is 0 Å². The smallest absolute Gasteiger partial charge is 0.223 e. The molecule has 0 radical (unpaired) electrons. The maximum atomic E-state index is 12.7. The number of carbonyl (C=O) groups is 1. The van der Waals surface area contributed by atoms with Crippen LogP contribution >= 0.6 is 0 Å². The quantitative estimate of drug-likeness (QED) is 0.436. The fourth-order valence-electron chi connectivity index (χ4n) is 4.96. The number of benzene rings is 2. The molecule has 3 aromatic rings. The van der Waals surface area contributed by atoms with E-state index in [0.717, 1.165) is 61.4 Å². The summed E-state index contributed by atoms with van der Waals surface area (Å²) in [6.07, 6.45) is 9.51. The molecule has 2 heterocycles. The minimum atomic E-state index is 0.0889. The molecule has 1 aromatic heterocycles. The van der Waals surface area contributed by atoms with Crippen molar-refractivity contribution in [2.45, 2.75) is 52.1 Å². The number of carbonyl (C=O) groups excluding carboxylic acids is 1. The molecule has 1 aliphatic heterocycles. The Kier molecular flexibility index (Phi) is 8.95. The molecule has 0 bridgehead atoms. The van der Waals surface area contributed by atoms with Crippen LogP contribution in [-0.4, -0.2) is 43.1 Å². The lowest BCUT2D eigenvalue weighted by molar-refractivity contribution is -0.116. The van der Waals surface area contributed by atoms with Gasteiger partial charge in [-0.2, -0.15) is 0 Å². The maximum Gasteiger partial charge on any atom is 0.223 e. The van der Waals surface area contributed by atoms with Gasteiger partial charge in [0.25, 0.3) is 0 Å². The molecule has 0 saturated carbocycles. The first-order valence-corrected chi connectivity index (χ1v) is 12.8. The molecule has 4 rings (SSSR count). The molecule has 1 amide bonds. The van der Waals surface area contributed by atoms with Gasteiger partial charge in [0.15, 0.2) is 11.5 Å². The lowest BCUT2D eigenvalue weighted by Gasteiger charge is -2.29. The lowest BCUT2D eigenvalue weighted by atomic mass is 9.99. The summed E-state index contributed by atoms with van der Waals surface area (Å²) in [5.74, 6) is 1.50. The molecule has 6 heteroatoms. The molecule has 0 atom stereocenters. The Morgan fingerprint density at radius 1 is 0.889 bits per heavy atom. The number of hydrogen-bond donors (Lipinski definition) is 0. The van der Waals surface area contributed by atoms with Gasteiger partial charge in [0.1, 0.15) is 0 Å². The van der Waals surface area contributed by atoms with Gasteiger partial charge in [-0.3, -0.25) is 14.7 Å². The SMILES string of the molecule is COc1ccc(-c2ccc3c(c2)CN(Cc2cccnc2)CCCCCCCN3C(C)=O)cc1OC.